The number of hydrogen-bond acceptors (Lipinski definition) is 11. The molecule has 15 atom stereocenters. The number of aliphatic hydroxyl groups is 3. The van der Waals surface area contributed by atoms with Gasteiger partial charge >= 0.3 is 0 Å². The van der Waals surface area contributed by atoms with Crippen LogP contribution < -0.4 is 26.4 Å². The van der Waals surface area contributed by atoms with Crippen LogP contribution in [0.25, 0.3) is 10.8 Å². The van der Waals surface area contributed by atoms with E-state index in [1.165, 1.54) is 43.2 Å². The van der Waals surface area contributed by atoms with Gasteiger partial charge in [-0.1, -0.05) is 87.4 Å². The molecule has 4 aromatic rings. The number of nitrogens with two attached hydrogens (primary N) is 1. The molecule has 1 aromatic heterocycles. The number of rotatable bonds is 13. The van der Waals surface area contributed by atoms with E-state index in [1.54, 1.807) is 12.1 Å². The number of methoxy groups -OCH3 is 1. The van der Waals surface area contributed by atoms with Gasteiger partial charge in [-0.05, 0) is 187 Å². The summed E-state index contributed by atoms with van der Waals surface area (Å²) in [4.78, 5) is 32.5. The van der Waals surface area contributed by atoms with Gasteiger partial charge < -0.3 is 51.8 Å². The van der Waals surface area contributed by atoms with Gasteiger partial charge in [-0.2, -0.15) is 0 Å². The van der Waals surface area contributed by atoms with Crippen LogP contribution in [0.5, 0.6) is 11.5 Å². The number of ether oxygens (including phenoxy) is 1. The van der Waals surface area contributed by atoms with Crippen molar-refractivity contribution in [1.82, 2.24) is 20.9 Å². The van der Waals surface area contributed by atoms with Gasteiger partial charge in [0, 0.05) is 67.0 Å². The second kappa shape index (κ2) is 21.6. The van der Waals surface area contributed by atoms with Crippen molar-refractivity contribution in [2.75, 3.05) is 26.7 Å². The van der Waals surface area contributed by atoms with Gasteiger partial charge in [-0.3, -0.25) is 9.59 Å². The molecule has 0 radical (unpaired) electrons. The fourth-order valence-electron chi connectivity index (χ4n) is 17.7. The minimum Gasteiger partial charge on any atom is -0.504 e. The van der Waals surface area contributed by atoms with Crippen molar-refractivity contribution in [2.45, 2.75) is 170 Å². The Morgan fingerprint density at radius 1 is 0.923 bits per heavy atom. The summed E-state index contributed by atoms with van der Waals surface area (Å²) in [6, 6.07) is 20.5. The highest BCUT2D eigenvalue weighted by Crippen LogP contribution is 2.67. The molecule has 2 spiro atoms. The number of aryl methyl sites for hydroxylation is 1. The normalized spacial score (nSPS) is 33.2. The Morgan fingerprint density at radius 3 is 2.53 bits per heavy atom. The Labute approximate surface area is 460 Å². The Bertz CT molecular complexity index is 3050. The molecule has 0 amide bonds. The number of benzene rings is 3. The molecule has 6 aliphatic carbocycles. The molecule has 414 valence electrons. The number of nitrogens with one attached hydrogen (secondary N) is 4. The molecule has 12 heteroatoms. The van der Waals surface area contributed by atoms with Crippen molar-refractivity contribution in [3.63, 3.8) is 0 Å². The lowest BCUT2D eigenvalue weighted by molar-refractivity contribution is -0.142. The first kappa shape index (κ1) is 53.2. The van der Waals surface area contributed by atoms with Crippen LogP contribution >= 0.6 is 0 Å². The highest BCUT2D eigenvalue weighted by molar-refractivity contribution is 5.89. The number of piperidine rings is 1. The molecule has 12 nitrogen and oxygen atoms in total. The van der Waals surface area contributed by atoms with Crippen molar-refractivity contribution < 1.29 is 34.8 Å². The van der Waals surface area contributed by atoms with Crippen molar-refractivity contribution in [3.05, 3.63) is 118 Å². The fourth-order valence-corrected chi connectivity index (χ4v) is 17.7. The summed E-state index contributed by atoms with van der Waals surface area (Å²) in [5, 5.41) is 62.5. The molecule has 8 aliphatic rings. The minimum absolute atomic E-state index is 0.0193. The summed E-state index contributed by atoms with van der Waals surface area (Å²) < 4.78 is 5.61. The summed E-state index contributed by atoms with van der Waals surface area (Å²) in [5.74, 6) is 9.71. The Kier molecular flexibility index (Phi) is 14.7. The highest BCUT2D eigenvalue weighted by Gasteiger charge is 2.65. The molecular formula is C66H83N5O7. The van der Waals surface area contributed by atoms with E-state index in [0.29, 0.717) is 91.3 Å². The van der Waals surface area contributed by atoms with Gasteiger partial charge in [0.25, 0.3) is 0 Å². The summed E-state index contributed by atoms with van der Waals surface area (Å²) >= 11 is 0. The number of phenols is 1. The first-order chi connectivity index (χ1) is 37.8. The highest BCUT2D eigenvalue weighted by atomic mass is 16.5. The van der Waals surface area contributed by atoms with Crippen LogP contribution in [0.4, 0.5) is 0 Å². The van der Waals surface area contributed by atoms with Crippen LogP contribution in [0.1, 0.15) is 162 Å². The number of aliphatic hydroxyl groups excluding tert-OH is 3. The fraction of sp³-hybridized carbons (Fsp3) is 0.576. The maximum absolute atomic E-state index is 15.1. The van der Waals surface area contributed by atoms with Gasteiger partial charge in [0.2, 0.25) is 0 Å². The topological polar surface area (TPSA) is 202 Å². The first-order valence-corrected chi connectivity index (χ1v) is 29.9. The van der Waals surface area contributed by atoms with Crippen LogP contribution in [0, 0.1) is 52.8 Å². The van der Waals surface area contributed by atoms with E-state index in [4.69, 9.17) is 10.5 Å². The maximum Gasteiger partial charge on any atom is 0.160 e. The molecule has 78 heavy (non-hydrogen) atoms. The summed E-state index contributed by atoms with van der Waals surface area (Å²) in [7, 11) is 1.51. The number of Topliss-reactive ketones (excluding diaryl/α,β-unsaturated/α-hetero) is 2. The van der Waals surface area contributed by atoms with Gasteiger partial charge in [0.1, 0.15) is 11.2 Å². The van der Waals surface area contributed by atoms with Crippen LogP contribution in [0.3, 0.4) is 0 Å². The summed E-state index contributed by atoms with van der Waals surface area (Å²) in [6.07, 6.45) is 12.1. The molecular weight excluding hydrogens is 975 g/mol. The minimum atomic E-state index is -1.32. The van der Waals surface area contributed by atoms with Gasteiger partial charge in [-0.15, -0.1) is 0 Å². The van der Waals surface area contributed by atoms with Crippen molar-refractivity contribution in [2.24, 2.45) is 46.7 Å². The number of carbonyl (C=O) groups excluding carboxylic acids is 2. The number of aromatic hydroxyl groups is 1. The van der Waals surface area contributed by atoms with Gasteiger partial charge in [0.05, 0.1) is 31.2 Å². The third kappa shape index (κ3) is 9.31. The molecule has 5 fully saturated rings. The number of fused-ring (bicyclic) bond motifs is 6. The molecule has 3 heterocycles. The van der Waals surface area contributed by atoms with E-state index in [-0.39, 0.29) is 65.9 Å². The van der Waals surface area contributed by atoms with E-state index in [9.17, 15) is 25.2 Å². The second-order valence-corrected chi connectivity index (χ2v) is 25.1. The van der Waals surface area contributed by atoms with E-state index in [1.807, 2.05) is 18.2 Å². The number of phenolic OH excluding ortho intramolecular Hbond substituents is 1. The molecule has 10 N–H and O–H groups in total. The number of hydrogen-bond donors (Lipinski definition) is 9. The van der Waals surface area contributed by atoms with E-state index in [2.05, 4.69) is 89.2 Å². The predicted molar refractivity (Wildman–Crippen MR) is 304 cm³/mol. The molecule has 1 saturated heterocycles. The van der Waals surface area contributed by atoms with Crippen LogP contribution in [0.2, 0.25) is 0 Å². The quantitative estimate of drug-likeness (QED) is 0.0579. The number of carbonyl (C=O) groups is 2. The molecule has 4 saturated carbocycles. The van der Waals surface area contributed by atoms with Gasteiger partial charge in [0.15, 0.2) is 17.3 Å². The van der Waals surface area contributed by atoms with Gasteiger partial charge in [-0.25, -0.2) is 0 Å². The van der Waals surface area contributed by atoms with Crippen molar-refractivity contribution in [3.8, 4) is 23.3 Å². The lowest BCUT2D eigenvalue weighted by Crippen LogP contribution is -2.72. The largest absolute Gasteiger partial charge is 0.504 e. The zero-order chi connectivity index (χ0) is 54.0. The number of ketones is 2. The standard InChI is InChI=1S/C66H83N5O7/c1-4-37-35-70-60(67)34-49(37)48(40-14-13-38-11-7-8-12-39(38)25-40)33-55(74)54(73)26-42-17-22-65(58(76)16-15-41-27-57(78-3)56(75)32-46(41)42)23-18-43(28-59(65)77)47-31-52-63-61-50(45-19-24-69-64(45)62(63)51(47)36-68-5-2)29-44(72)30-53(61)71-66(52)20-9-6-10-21-66/h7-8,11-14,19,24-25,27,32,34,42-43,47-48,50-55,59,61-63,68-71,73-75,77H,4-6,9-10,15-16,18,20-21,23,26,28-31,33,35-36,67H2,1-3H3. The zero-order valence-corrected chi connectivity index (χ0v) is 46.0. The first-order valence-electron chi connectivity index (χ1n) is 29.9. The van der Waals surface area contributed by atoms with E-state index in [0.717, 1.165) is 72.7 Å². The average molecular weight is 1060 g/mol. The number of aromatic amines is 1. The maximum atomic E-state index is 15.1. The number of allylic oxidation sites excluding steroid dienone is 2. The number of dihydropyridines is 1. The monoisotopic (exact) mass is 1060 g/mol. The predicted octanol–water partition coefficient (Wildman–Crippen LogP) is 9.04. The Hall–Kier alpha value is -5.42. The van der Waals surface area contributed by atoms with Crippen LogP contribution in [-0.2, 0) is 16.0 Å². The Morgan fingerprint density at radius 2 is 1.74 bits per heavy atom. The molecule has 2 aliphatic heterocycles. The molecule has 0 bridgehead atoms. The van der Waals surface area contributed by atoms with Crippen LogP contribution in [-0.4, -0.2) is 93.6 Å². The Balaban J connectivity index is 0.865. The molecule has 12 rings (SSSR count). The lowest BCUT2D eigenvalue weighted by atomic mass is 9.42. The smallest absolute Gasteiger partial charge is 0.160 e. The molecule has 3 aromatic carbocycles. The summed E-state index contributed by atoms with van der Waals surface area (Å²) in [5.41, 5.74) is 12.5. The number of aromatic nitrogens is 1. The van der Waals surface area contributed by atoms with Crippen LogP contribution in [0.15, 0.2) is 89.9 Å². The van der Waals surface area contributed by atoms with E-state index >= 15 is 4.79 Å². The second-order valence-electron chi connectivity index (χ2n) is 25.1. The lowest BCUT2D eigenvalue weighted by Gasteiger charge is -2.67. The van der Waals surface area contributed by atoms with E-state index < -0.39 is 29.6 Å². The third-order valence-electron chi connectivity index (χ3n) is 21.4. The number of H-pyrrole nitrogens is 1. The zero-order valence-electron chi connectivity index (χ0n) is 46.0. The van der Waals surface area contributed by atoms with Crippen molar-refractivity contribution in [1.29, 1.82) is 0 Å². The SMILES string of the molecule is CCNCC1C(C2CCC3(C#CC(CC(O)C(O)CC(C4=C(CC)CNC(N)=C4)c4ccc5ccccc5c4)c4cc(O)c(OC)cc4CCC3=O)C(O)C2)CC2C3C1c1[nH]ccc1C1CC(=O)CC(NC24CCCCC4)C13. The average Bonchev–Trinajstić information content (AvgIpc) is 3.65. The van der Waals surface area contributed by atoms with Crippen molar-refractivity contribution >= 4 is 22.3 Å². The molecule has 15 unspecified atom stereocenters. The third-order valence-corrected chi connectivity index (χ3v) is 21.4. The summed E-state index contributed by atoms with van der Waals surface area (Å²) in [6.45, 7) is 6.65.